The lowest BCUT2D eigenvalue weighted by Crippen LogP contribution is -2.55. The first-order chi connectivity index (χ1) is 12.5. The molecule has 1 aromatic carbocycles. The number of carbonyl (C=O) groups excluding carboxylic acids is 2. The number of nitrogens with one attached hydrogen (secondary N) is 1. The maximum Gasteiger partial charge on any atom is 0.408 e. The highest BCUT2D eigenvalue weighted by molar-refractivity contribution is 9.10. The van der Waals surface area contributed by atoms with Crippen molar-refractivity contribution in [3.8, 4) is 5.75 Å². The molecule has 0 unspecified atom stereocenters. The third kappa shape index (κ3) is 7.74. The second-order valence-electron chi connectivity index (χ2n) is 7.16. The highest BCUT2D eigenvalue weighted by atomic mass is 79.9. The Bertz CT molecular complexity index is 662. The van der Waals surface area contributed by atoms with E-state index in [4.69, 9.17) is 14.2 Å². The number of benzene rings is 1. The summed E-state index contributed by atoms with van der Waals surface area (Å²) in [5.74, 6) is -0.126. The van der Waals surface area contributed by atoms with E-state index < -0.39 is 29.9 Å². The van der Waals surface area contributed by atoms with Crippen LogP contribution in [0, 0.1) is 0 Å². The van der Waals surface area contributed by atoms with Crippen molar-refractivity contribution in [3.63, 3.8) is 0 Å². The molecule has 0 saturated carbocycles. The molecule has 0 saturated heterocycles. The maximum absolute atomic E-state index is 12.5. The minimum Gasteiger partial charge on any atom is -0.490 e. The van der Waals surface area contributed by atoms with Crippen LogP contribution >= 0.6 is 15.9 Å². The van der Waals surface area contributed by atoms with E-state index in [1.165, 1.54) is 0 Å². The van der Waals surface area contributed by atoms with E-state index in [0.29, 0.717) is 15.8 Å². The van der Waals surface area contributed by atoms with Gasteiger partial charge in [0.05, 0.1) is 11.1 Å². The predicted molar refractivity (Wildman–Crippen MR) is 104 cm³/mol. The van der Waals surface area contributed by atoms with Gasteiger partial charge in [0.2, 0.25) is 0 Å². The highest BCUT2D eigenvalue weighted by Gasteiger charge is 2.38. The summed E-state index contributed by atoms with van der Waals surface area (Å²) < 4.78 is 28.8. The zero-order chi connectivity index (χ0) is 20.7. The fourth-order valence-electron chi connectivity index (χ4n) is 2.31. The fraction of sp³-hybridized carbons (Fsp3) is 0.579. The molecule has 1 aromatic rings. The Morgan fingerprint density at radius 1 is 1.22 bits per heavy atom. The summed E-state index contributed by atoms with van der Waals surface area (Å²) in [4.78, 5) is 24.7. The molecule has 27 heavy (non-hydrogen) atoms. The molecule has 0 spiro atoms. The Labute approximate surface area is 167 Å². The topological polar surface area (TPSA) is 73.9 Å². The molecule has 0 aliphatic heterocycles. The molecule has 0 bridgehead atoms. The van der Waals surface area contributed by atoms with Crippen LogP contribution in [0.15, 0.2) is 22.7 Å². The lowest BCUT2D eigenvalue weighted by atomic mass is 9.92. The summed E-state index contributed by atoms with van der Waals surface area (Å²) in [7, 11) is 0. The van der Waals surface area contributed by atoms with E-state index in [1.54, 1.807) is 52.8 Å². The van der Waals surface area contributed by atoms with Gasteiger partial charge >= 0.3 is 12.1 Å². The van der Waals surface area contributed by atoms with E-state index in [2.05, 4.69) is 21.2 Å². The van der Waals surface area contributed by atoms with Crippen molar-refractivity contribution >= 4 is 28.0 Å². The smallest absolute Gasteiger partial charge is 0.408 e. The number of hydrogen-bond acceptors (Lipinski definition) is 5. The van der Waals surface area contributed by atoms with Gasteiger partial charge in [-0.15, -0.1) is 0 Å². The molecule has 6 nitrogen and oxygen atoms in total. The lowest BCUT2D eigenvalue weighted by Gasteiger charge is -2.30. The molecular formula is C19H27BrFNO5. The van der Waals surface area contributed by atoms with Crippen molar-refractivity contribution < 1.29 is 28.2 Å². The number of esters is 1. The number of alkyl halides is 1. The number of hydrogen-bond donors (Lipinski definition) is 1. The van der Waals surface area contributed by atoms with Gasteiger partial charge in [0.25, 0.3) is 0 Å². The molecule has 1 N–H and O–H groups in total. The zero-order valence-corrected chi connectivity index (χ0v) is 17.9. The quantitative estimate of drug-likeness (QED) is 0.604. The average Bonchev–Trinajstić information content (AvgIpc) is 2.53. The van der Waals surface area contributed by atoms with Crippen LogP contribution in [-0.4, -0.2) is 43.1 Å². The molecule has 0 aliphatic carbocycles. The third-order valence-electron chi connectivity index (χ3n) is 3.39. The van der Waals surface area contributed by atoms with Gasteiger partial charge in [-0.1, -0.05) is 6.07 Å². The fourth-order valence-corrected chi connectivity index (χ4v) is 2.67. The summed E-state index contributed by atoms with van der Waals surface area (Å²) in [6.07, 6.45) is -0.575. The van der Waals surface area contributed by atoms with E-state index in [-0.39, 0.29) is 19.6 Å². The van der Waals surface area contributed by atoms with Crippen LogP contribution in [0.5, 0.6) is 5.75 Å². The SMILES string of the molecule is CCOC(=O)[C@](C)(Cc1ccc(Br)c(OCCF)c1)NC(=O)OC(C)(C)C. The molecule has 0 radical (unpaired) electrons. The lowest BCUT2D eigenvalue weighted by molar-refractivity contribution is -0.150. The Hall–Kier alpha value is -1.83. The molecule has 0 aromatic heterocycles. The predicted octanol–water partition coefficient (Wildman–Crippen LogP) is 4.19. The van der Waals surface area contributed by atoms with E-state index in [9.17, 15) is 14.0 Å². The third-order valence-corrected chi connectivity index (χ3v) is 4.05. The van der Waals surface area contributed by atoms with Crippen molar-refractivity contribution in [1.82, 2.24) is 5.32 Å². The molecule has 8 heteroatoms. The molecular weight excluding hydrogens is 421 g/mol. The number of rotatable bonds is 8. The standard InChI is InChI=1S/C19H27BrFNO5/c1-6-25-16(23)19(5,22-17(24)27-18(2,3)4)12-13-7-8-14(20)15(11-13)26-10-9-21/h7-8,11H,6,9-10,12H2,1-5H3,(H,22,24)/t19-/m0/s1. The van der Waals surface area contributed by atoms with E-state index >= 15 is 0 Å². The normalized spacial score (nSPS) is 13.4. The first-order valence-electron chi connectivity index (χ1n) is 8.66. The van der Waals surface area contributed by atoms with E-state index in [0.717, 1.165) is 0 Å². The van der Waals surface area contributed by atoms with Crippen LogP contribution in [0.4, 0.5) is 9.18 Å². The van der Waals surface area contributed by atoms with Gasteiger partial charge < -0.3 is 19.5 Å². The molecule has 1 amide bonds. The highest BCUT2D eigenvalue weighted by Crippen LogP contribution is 2.28. The molecule has 0 heterocycles. The Morgan fingerprint density at radius 3 is 2.44 bits per heavy atom. The zero-order valence-electron chi connectivity index (χ0n) is 16.4. The van der Waals surface area contributed by atoms with Crippen molar-refractivity contribution in [1.29, 1.82) is 0 Å². The summed E-state index contributed by atoms with van der Waals surface area (Å²) in [6, 6.07) is 5.20. The number of amides is 1. The monoisotopic (exact) mass is 447 g/mol. The Kier molecular flexibility index (Phi) is 8.53. The van der Waals surface area contributed by atoms with Crippen LogP contribution in [0.1, 0.15) is 40.2 Å². The van der Waals surface area contributed by atoms with Crippen LogP contribution < -0.4 is 10.1 Å². The van der Waals surface area contributed by atoms with Gasteiger partial charge in [0.15, 0.2) is 0 Å². The molecule has 1 atom stereocenters. The largest absolute Gasteiger partial charge is 0.490 e. The first kappa shape index (κ1) is 23.2. The summed E-state index contributed by atoms with van der Waals surface area (Å²) in [5, 5.41) is 2.61. The molecule has 0 aliphatic rings. The molecule has 152 valence electrons. The Balaban J connectivity index is 3.07. The van der Waals surface area contributed by atoms with E-state index in [1.807, 2.05) is 0 Å². The molecule has 0 fully saturated rings. The number of ether oxygens (including phenoxy) is 3. The van der Waals surface area contributed by atoms with Crippen LogP contribution in [0.25, 0.3) is 0 Å². The summed E-state index contributed by atoms with van der Waals surface area (Å²) in [5.41, 5.74) is -1.34. The van der Waals surface area contributed by atoms with Crippen molar-refractivity contribution in [3.05, 3.63) is 28.2 Å². The van der Waals surface area contributed by atoms with Crippen molar-refractivity contribution in [2.75, 3.05) is 19.9 Å². The minimum atomic E-state index is -1.34. The van der Waals surface area contributed by atoms with Gasteiger partial charge in [-0.2, -0.15) is 0 Å². The summed E-state index contributed by atoms with van der Waals surface area (Å²) in [6.45, 7) is 7.94. The van der Waals surface area contributed by atoms with Gasteiger partial charge in [-0.05, 0) is 68.2 Å². The van der Waals surface area contributed by atoms with Gasteiger partial charge in [0.1, 0.15) is 30.2 Å². The number of carbonyl (C=O) groups is 2. The number of halogens is 2. The molecule has 1 rings (SSSR count). The van der Waals surface area contributed by atoms with Crippen LogP contribution in [-0.2, 0) is 20.7 Å². The second-order valence-corrected chi connectivity index (χ2v) is 8.01. The minimum absolute atomic E-state index is 0.0760. The maximum atomic E-state index is 12.5. The van der Waals surface area contributed by atoms with Gasteiger partial charge in [0, 0.05) is 6.42 Å². The van der Waals surface area contributed by atoms with Crippen LogP contribution in [0.3, 0.4) is 0 Å². The summed E-state index contributed by atoms with van der Waals surface area (Å²) >= 11 is 3.34. The van der Waals surface area contributed by atoms with Gasteiger partial charge in [-0.3, -0.25) is 0 Å². The van der Waals surface area contributed by atoms with Crippen molar-refractivity contribution in [2.24, 2.45) is 0 Å². The average molecular weight is 448 g/mol. The van der Waals surface area contributed by atoms with Gasteiger partial charge in [-0.25, -0.2) is 14.0 Å². The van der Waals surface area contributed by atoms with Crippen LogP contribution in [0.2, 0.25) is 0 Å². The first-order valence-corrected chi connectivity index (χ1v) is 9.45. The Morgan fingerprint density at radius 2 is 1.89 bits per heavy atom. The second kappa shape index (κ2) is 9.92. The number of alkyl carbamates (subject to hydrolysis) is 1. The van der Waals surface area contributed by atoms with Crippen molar-refractivity contribution in [2.45, 2.75) is 52.2 Å².